The van der Waals surface area contributed by atoms with E-state index in [1.807, 2.05) is 0 Å². The number of esters is 1. The summed E-state index contributed by atoms with van der Waals surface area (Å²) in [6.07, 6.45) is 32.9. The molecule has 1 fully saturated rings. The SMILES string of the molecule is CCCCCCCC/C=C\CCCCCCCCCCCCCCC[C@@H]1C(=O)O[C@@H](C)[C@H]1O. The molecule has 0 amide bonds. The Labute approximate surface area is 206 Å². The van der Waals surface area contributed by atoms with Crippen molar-refractivity contribution in [3.05, 3.63) is 12.2 Å². The van der Waals surface area contributed by atoms with Crippen LogP contribution < -0.4 is 0 Å². The van der Waals surface area contributed by atoms with Crippen LogP contribution in [0.2, 0.25) is 0 Å². The molecule has 0 radical (unpaired) electrons. The van der Waals surface area contributed by atoms with Gasteiger partial charge in [0.2, 0.25) is 0 Å². The molecule has 1 aliphatic rings. The first-order valence-corrected chi connectivity index (χ1v) is 14.7. The van der Waals surface area contributed by atoms with Crippen LogP contribution >= 0.6 is 0 Å². The fraction of sp³-hybridized carbons (Fsp3) is 0.900. The van der Waals surface area contributed by atoms with Gasteiger partial charge in [-0.25, -0.2) is 0 Å². The van der Waals surface area contributed by atoms with Gasteiger partial charge in [0.1, 0.15) is 12.2 Å². The van der Waals surface area contributed by atoms with Crippen LogP contribution in [0.25, 0.3) is 0 Å². The summed E-state index contributed by atoms with van der Waals surface area (Å²) in [5, 5.41) is 9.96. The van der Waals surface area contributed by atoms with Gasteiger partial charge >= 0.3 is 5.97 Å². The summed E-state index contributed by atoms with van der Waals surface area (Å²) >= 11 is 0. The van der Waals surface area contributed by atoms with Crippen molar-refractivity contribution in [1.82, 2.24) is 0 Å². The Hall–Kier alpha value is -0.830. The van der Waals surface area contributed by atoms with Crippen molar-refractivity contribution in [3.8, 4) is 0 Å². The minimum absolute atomic E-state index is 0.203. The van der Waals surface area contributed by atoms with E-state index in [-0.39, 0.29) is 18.0 Å². The maximum absolute atomic E-state index is 11.7. The summed E-state index contributed by atoms with van der Waals surface area (Å²) in [5.41, 5.74) is 0. The van der Waals surface area contributed by atoms with Crippen LogP contribution in [0.3, 0.4) is 0 Å². The molecule has 0 unspecified atom stereocenters. The first-order chi connectivity index (χ1) is 16.2. The fourth-order valence-corrected chi connectivity index (χ4v) is 4.94. The molecule has 0 saturated carbocycles. The Kier molecular flexibility index (Phi) is 19.8. The van der Waals surface area contributed by atoms with Crippen molar-refractivity contribution < 1.29 is 14.6 Å². The van der Waals surface area contributed by atoms with Crippen LogP contribution in [0.5, 0.6) is 0 Å². The van der Waals surface area contributed by atoms with Crippen molar-refractivity contribution >= 4 is 5.97 Å². The predicted octanol–water partition coefficient (Wildman–Crippen LogP) is 9.07. The number of hydrogen-bond acceptors (Lipinski definition) is 3. The second kappa shape index (κ2) is 21.7. The molecular weight excluding hydrogens is 408 g/mol. The molecule has 0 aliphatic carbocycles. The highest BCUT2D eigenvalue weighted by Gasteiger charge is 2.40. The van der Waals surface area contributed by atoms with Gasteiger partial charge in [-0.05, 0) is 39.0 Å². The zero-order chi connectivity index (χ0) is 24.0. The maximum atomic E-state index is 11.7. The van der Waals surface area contributed by atoms with Crippen molar-refractivity contribution in [2.75, 3.05) is 0 Å². The van der Waals surface area contributed by atoms with E-state index in [9.17, 15) is 9.90 Å². The van der Waals surface area contributed by atoms with Crippen LogP contribution in [-0.2, 0) is 9.53 Å². The van der Waals surface area contributed by atoms with Crippen molar-refractivity contribution in [2.45, 2.75) is 167 Å². The van der Waals surface area contributed by atoms with Crippen molar-refractivity contribution in [1.29, 1.82) is 0 Å². The van der Waals surface area contributed by atoms with Gasteiger partial charge in [-0.2, -0.15) is 0 Å². The maximum Gasteiger partial charge on any atom is 0.312 e. The fourth-order valence-electron chi connectivity index (χ4n) is 4.94. The van der Waals surface area contributed by atoms with Gasteiger partial charge in [0.15, 0.2) is 0 Å². The van der Waals surface area contributed by atoms with Gasteiger partial charge in [-0.1, -0.05) is 128 Å². The number of unbranched alkanes of at least 4 members (excludes halogenated alkanes) is 19. The molecule has 3 atom stereocenters. The number of hydrogen-bond donors (Lipinski definition) is 1. The molecule has 194 valence electrons. The van der Waals surface area contributed by atoms with Gasteiger partial charge in [0, 0.05) is 0 Å². The van der Waals surface area contributed by atoms with Crippen LogP contribution in [0.15, 0.2) is 12.2 Å². The normalized spacial score (nSPS) is 20.7. The monoisotopic (exact) mass is 464 g/mol. The van der Waals surface area contributed by atoms with E-state index in [2.05, 4.69) is 19.1 Å². The average molecular weight is 465 g/mol. The molecule has 1 heterocycles. The molecule has 0 aromatic heterocycles. The molecule has 0 aromatic rings. The highest BCUT2D eigenvalue weighted by molar-refractivity contribution is 5.75. The third kappa shape index (κ3) is 16.4. The number of aliphatic hydroxyl groups excluding tert-OH is 1. The molecular formula is C30H56O3. The smallest absolute Gasteiger partial charge is 0.312 e. The lowest BCUT2D eigenvalue weighted by Crippen LogP contribution is -2.24. The number of carbonyl (C=O) groups excluding carboxylic acids is 1. The van der Waals surface area contributed by atoms with Gasteiger partial charge < -0.3 is 9.84 Å². The largest absolute Gasteiger partial charge is 0.460 e. The Morgan fingerprint density at radius 3 is 1.45 bits per heavy atom. The minimum atomic E-state index is -0.603. The van der Waals surface area contributed by atoms with E-state index in [0.29, 0.717) is 0 Å². The molecule has 33 heavy (non-hydrogen) atoms. The summed E-state index contributed by atoms with van der Waals surface area (Å²) in [6, 6.07) is 0. The molecule has 0 aromatic carbocycles. The van der Waals surface area contributed by atoms with Gasteiger partial charge in [0.05, 0.1) is 5.92 Å². The van der Waals surface area contributed by atoms with E-state index in [1.165, 1.54) is 128 Å². The Bertz CT molecular complexity index is 473. The predicted molar refractivity (Wildman–Crippen MR) is 141 cm³/mol. The summed E-state index contributed by atoms with van der Waals surface area (Å²) in [6.45, 7) is 4.06. The number of cyclic esters (lactones) is 1. The topological polar surface area (TPSA) is 46.5 Å². The number of ether oxygens (including phenoxy) is 1. The number of aliphatic hydroxyl groups is 1. The third-order valence-electron chi connectivity index (χ3n) is 7.27. The minimum Gasteiger partial charge on any atom is -0.460 e. The average Bonchev–Trinajstić information content (AvgIpc) is 3.05. The number of carbonyl (C=O) groups is 1. The van der Waals surface area contributed by atoms with Crippen LogP contribution in [0, 0.1) is 5.92 Å². The van der Waals surface area contributed by atoms with Crippen LogP contribution in [0.4, 0.5) is 0 Å². The molecule has 1 N–H and O–H groups in total. The Balaban J connectivity index is 1.72. The zero-order valence-corrected chi connectivity index (χ0v) is 22.2. The lowest BCUT2D eigenvalue weighted by atomic mass is 9.95. The number of rotatable bonds is 23. The first kappa shape index (κ1) is 30.2. The van der Waals surface area contributed by atoms with Crippen molar-refractivity contribution in [2.24, 2.45) is 5.92 Å². The lowest BCUT2D eigenvalue weighted by molar-refractivity contribution is -0.143. The summed E-state index contributed by atoms with van der Waals surface area (Å²) in [7, 11) is 0. The second-order valence-electron chi connectivity index (χ2n) is 10.4. The van der Waals surface area contributed by atoms with E-state index in [1.54, 1.807) is 6.92 Å². The summed E-state index contributed by atoms with van der Waals surface area (Å²) in [4.78, 5) is 11.7. The highest BCUT2D eigenvalue weighted by atomic mass is 16.6. The standard InChI is InChI=1S/C30H56O3/c1-3-4-5-6-7-8-9-10-11-12-13-14-15-16-17-18-19-20-21-22-23-24-25-26-28-29(31)27(2)33-30(28)32/h10-11,27-29,31H,3-9,12-26H2,1-2H3/b11-10-/t27-,28-,29+/m0/s1. The van der Waals surface area contributed by atoms with Gasteiger partial charge in [0.25, 0.3) is 0 Å². The first-order valence-electron chi connectivity index (χ1n) is 14.7. The van der Waals surface area contributed by atoms with Gasteiger partial charge in [-0.15, -0.1) is 0 Å². The molecule has 0 bridgehead atoms. The molecule has 0 spiro atoms. The van der Waals surface area contributed by atoms with Crippen LogP contribution in [0.1, 0.15) is 155 Å². The quantitative estimate of drug-likeness (QED) is 0.0931. The summed E-state index contributed by atoms with van der Waals surface area (Å²) < 4.78 is 5.10. The highest BCUT2D eigenvalue weighted by Crippen LogP contribution is 2.26. The summed E-state index contributed by atoms with van der Waals surface area (Å²) in [5.74, 6) is -0.489. The van der Waals surface area contributed by atoms with E-state index in [4.69, 9.17) is 4.74 Å². The number of allylic oxidation sites excluding steroid dienone is 2. The Morgan fingerprint density at radius 2 is 1.06 bits per heavy atom. The third-order valence-corrected chi connectivity index (χ3v) is 7.27. The van der Waals surface area contributed by atoms with E-state index in [0.717, 1.165) is 12.8 Å². The second-order valence-corrected chi connectivity index (χ2v) is 10.4. The molecule has 3 heteroatoms. The molecule has 1 aliphatic heterocycles. The zero-order valence-electron chi connectivity index (χ0n) is 22.2. The van der Waals surface area contributed by atoms with E-state index >= 15 is 0 Å². The van der Waals surface area contributed by atoms with E-state index < -0.39 is 6.10 Å². The van der Waals surface area contributed by atoms with Crippen molar-refractivity contribution in [3.63, 3.8) is 0 Å². The molecule has 1 rings (SSSR count). The molecule has 1 saturated heterocycles. The lowest BCUT2D eigenvalue weighted by Gasteiger charge is -2.11. The molecule has 3 nitrogen and oxygen atoms in total. The van der Waals surface area contributed by atoms with Gasteiger partial charge in [-0.3, -0.25) is 4.79 Å². The Morgan fingerprint density at radius 1 is 0.667 bits per heavy atom. The van der Waals surface area contributed by atoms with Crippen LogP contribution in [-0.4, -0.2) is 23.3 Å².